The van der Waals surface area contributed by atoms with Gasteiger partial charge in [-0.15, -0.1) is 0 Å². The number of hydrogen-bond donors (Lipinski definition) is 2. The molecule has 0 aromatic heterocycles. The third-order valence-corrected chi connectivity index (χ3v) is 13.1. The molecule has 0 saturated heterocycles. The molecule has 64 heavy (non-hydrogen) atoms. The second-order valence-corrected chi connectivity index (χ2v) is 19.6. The van der Waals surface area contributed by atoms with Crippen molar-refractivity contribution in [3.05, 3.63) is 0 Å². The molecule has 16 nitrogen and oxygen atoms in total. The Kier molecular flexibility index (Phi) is 24.1. The van der Waals surface area contributed by atoms with E-state index in [4.69, 9.17) is 29.2 Å². The van der Waals surface area contributed by atoms with Crippen molar-refractivity contribution in [1.82, 2.24) is 0 Å². The Morgan fingerprint density at radius 1 is 0.375 bits per heavy atom. The van der Waals surface area contributed by atoms with Gasteiger partial charge in [0, 0.05) is 0 Å². The number of aliphatic carboxylic acids is 2. The molecule has 4 aliphatic carbocycles. The molecule has 0 aliphatic heterocycles. The maximum absolute atomic E-state index is 12.1. The Morgan fingerprint density at radius 2 is 0.578 bits per heavy atom. The van der Waals surface area contributed by atoms with Crippen LogP contribution in [0.15, 0.2) is 0 Å². The lowest BCUT2D eigenvalue weighted by atomic mass is 9.93. The van der Waals surface area contributed by atoms with Crippen molar-refractivity contribution in [2.75, 3.05) is 28.4 Å². The molecule has 0 unspecified atom stereocenters. The summed E-state index contributed by atoms with van der Waals surface area (Å²) in [5.74, 6) is -4.02. The molecule has 0 heterocycles. The molecular formula is C48H80O16. The number of carboxylic acid groups (broad SMARTS) is 2. The van der Waals surface area contributed by atoms with Gasteiger partial charge in [-0.25, -0.2) is 0 Å². The maximum atomic E-state index is 12.1. The predicted molar refractivity (Wildman–Crippen MR) is 235 cm³/mol. The van der Waals surface area contributed by atoms with E-state index >= 15 is 0 Å². The van der Waals surface area contributed by atoms with Crippen LogP contribution >= 0.6 is 0 Å². The van der Waals surface area contributed by atoms with Gasteiger partial charge in [0.1, 0.15) is 11.2 Å². The molecule has 4 rings (SSSR count). The Morgan fingerprint density at radius 3 is 0.734 bits per heavy atom. The second kappa shape index (κ2) is 26.7. The number of hydrogen-bond acceptors (Lipinski definition) is 14. The average Bonchev–Trinajstić information content (AvgIpc) is 4.06. The minimum atomic E-state index is -0.789. The van der Waals surface area contributed by atoms with Crippen molar-refractivity contribution in [1.29, 1.82) is 0 Å². The summed E-state index contributed by atoms with van der Waals surface area (Å²) in [6.45, 7) is 19.2. The lowest BCUT2D eigenvalue weighted by molar-refractivity contribution is -0.162. The first kappa shape index (κ1) is 57.8. The molecule has 4 saturated carbocycles. The van der Waals surface area contributed by atoms with Gasteiger partial charge in [0.2, 0.25) is 0 Å². The smallest absolute Gasteiger partial charge is 0.309 e. The van der Waals surface area contributed by atoms with E-state index in [0.717, 1.165) is 38.5 Å². The molecule has 12 atom stereocenters. The van der Waals surface area contributed by atoms with Crippen molar-refractivity contribution < 1.29 is 77.0 Å². The van der Waals surface area contributed by atoms with Crippen LogP contribution < -0.4 is 0 Å². The fraction of sp³-hybridized carbons (Fsp3) is 0.833. The van der Waals surface area contributed by atoms with E-state index in [0.29, 0.717) is 38.5 Å². The highest BCUT2D eigenvalue weighted by atomic mass is 16.6. The molecule has 368 valence electrons. The SMILES string of the molecule is CC[C@@H]1C[C@H](C(=O)OC)C[C@@H]1C(=O)O.CC[C@@H]1C[C@H](C(=O)OC)C[C@@H]1C(=O)OC(C)(C)C.CC[C@H]1C[C@@H](C(=O)OC)C[C@H]1C(=O)O.CC[C@H]1C[C@@H](C(=O)OC)C[C@H]1C(=O)OC(C)(C)C. The number of carbonyl (C=O) groups excluding carboxylic acids is 6. The van der Waals surface area contributed by atoms with Crippen LogP contribution in [-0.2, 0) is 66.8 Å². The van der Waals surface area contributed by atoms with E-state index < -0.39 is 23.1 Å². The Hall–Kier alpha value is -4.24. The highest BCUT2D eigenvalue weighted by Crippen LogP contribution is 2.42. The molecule has 0 bridgehead atoms. The van der Waals surface area contributed by atoms with Crippen molar-refractivity contribution in [2.45, 2.75) is 157 Å². The molecule has 2 N–H and O–H groups in total. The van der Waals surface area contributed by atoms with E-state index in [2.05, 4.69) is 9.47 Å². The molecule has 0 aromatic rings. The van der Waals surface area contributed by atoms with Crippen molar-refractivity contribution in [2.24, 2.45) is 71.0 Å². The first-order valence-electron chi connectivity index (χ1n) is 23.0. The number of carboxylic acids is 2. The fourth-order valence-corrected chi connectivity index (χ4v) is 9.68. The van der Waals surface area contributed by atoms with Gasteiger partial charge in [0.25, 0.3) is 0 Å². The van der Waals surface area contributed by atoms with Crippen LogP contribution in [0.4, 0.5) is 0 Å². The molecule has 0 spiro atoms. The normalized spacial score (nSPS) is 29.5. The van der Waals surface area contributed by atoms with Gasteiger partial charge in [-0.1, -0.05) is 53.4 Å². The summed E-state index contributed by atoms with van der Waals surface area (Å²) < 4.78 is 29.6. The van der Waals surface area contributed by atoms with Gasteiger partial charge in [0.05, 0.1) is 75.8 Å². The zero-order chi connectivity index (χ0) is 49.3. The van der Waals surface area contributed by atoms with Gasteiger partial charge < -0.3 is 38.6 Å². The maximum Gasteiger partial charge on any atom is 0.309 e. The van der Waals surface area contributed by atoms with E-state index in [1.54, 1.807) is 0 Å². The van der Waals surface area contributed by atoms with E-state index in [9.17, 15) is 38.4 Å². The topological polar surface area (TPSA) is 232 Å². The highest BCUT2D eigenvalue weighted by molar-refractivity contribution is 5.79. The first-order chi connectivity index (χ1) is 29.8. The highest BCUT2D eigenvalue weighted by Gasteiger charge is 2.45. The molecule has 0 aromatic carbocycles. The summed E-state index contributed by atoms with van der Waals surface area (Å²) >= 11 is 0. The van der Waals surface area contributed by atoms with Gasteiger partial charge in [-0.05, 0) is 117 Å². The van der Waals surface area contributed by atoms with Crippen LogP contribution in [-0.4, -0.2) is 97.6 Å². The number of rotatable bonds is 12. The van der Waals surface area contributed by atoms with Crippen LogP contribution in [0.1, 0.15) is 146 Å². The summed E-state index contributed by atoms with van der Waals surface area (Å²) in [7, 11) is 5.48. The quantitative estimate of drug-likeness (QED) is 0.141. The Bertz CT molecular complexity index is 1440. The summed E-state index contributed by atoms with van der Waals surface area (Å²) in [6, 6.07) is 0. The minimum Gasteiger partial charge on any atom is -0.481 e. The van der Waals surface area contributed by atoms with Crippen molar-refractivity contribution in [3.8, 4) is 0 Å². The lowest BCUT2D eigenvalue weighted by Crippen LogP contribution is -2.30. The van der Waals surface area contributed by atoms with Crippen molar-refractivity contribution in [3.63, 3.8) is 0 Å². The molecule has 0 amide bonds. The van der Waals surface area contributed by atoms with Gasteiger partial charge in [-0.2, -0.15) is 0 Å². The molecule has 4 aliphatic rings. The number of carbonyl (C=O) groups is 8. The number of esters is 6. The second-order valence-electron chi connectivity index (χ2n) is 19.6. The van der Waals surface area contributed by atoms with Gasteiger partial charge in [-0.3, -0.25) is 38.4 Å². The van der Waals surface area contributed by atoms with E-state index in [1.165, 1.54) is 28.4 Å². The predicted octanol–water partition coefficient (Wildman–Crippen LogP) is 7.70. The summed E-state index contributed by atoms with van der Waals surface area (Å²) in [4.78, 5) is 91.5. The average molecular weight is 913 g/mol. The minimum absolute atomic E-state index is 0.122. The van der Waals surface area contributed by atoms with Crippen LogP contribution in [0.5, 0.6) is 0 Å². The largest absolute Gasteiger partial charge is 0.481 e. The summed E-state index contributed by atoms with van der Waals surface area (Å²) in [5.41, 5.74) is -0.947. The van der Waals surface area contributed by atoms with E-state index in [1.807, 2.05) is 69.2 Å². The monoisotopic (exact) mass is 913 g/mol. The zero-order valence-corrected chi connectivity index (χ0v) is 41.0. The Labute approximate surface area is 380 Å². The van der Waals surface area contributed by atoms with Crippen LogP contribution in [0.3, 0.4) is 0 Å². The fourth-order valence-electron chi connectivity index (χ4n) is 9.68. The summed E-state index contributed by atoms with van der Waals surface area (Å²) in [5, 5.41) is 17.9. The van der Waals surface area contributed by atoms with Crippen molar-refractivity contribution >= 4 is 47.8 Å². The van der Waals surface area contributed by atoms with E-state index in [-0.39, 0.29) is 107 Å². The Balaban J connectivity index is 0.000000430. The molecule has 4 fully saturated rings. The number of methoxy groups -OCH3 is 4. The molecule has 16 heteroatoms. The molecular weight excluding hydrogens is 833 g/mol. The van der Waals surface area contributed by atoms with Crippen LogP contribution in [0.25, 0.3) is 0 Å². The molecule has 0 radical (unpaired) electrons. The zero-order valence-electron chi connectivity index (χ0n) is 41.0. The standard InChI is InChI=1S/2C14H24O4.2C10H16O4/c2*1-6-9-7-10(12(15)17-5)8-11(9)13(16)18-14(2,3)4;2*1-3-6-4-7(10(13)14-2)5-8(6)9(11)12/h2*9-11H,6-8H2,1-5H3;2*6-8H,3-5H2,1-2H3,(H,11,12)/t2*9-,10+,11+;2*6-,7+,8+/m1010/s1. The van der Waals surface area contributed by atoms with Crippen LogP contribution in [0, 0.1) is 71.0 Å². The van der Waals surface area contributed by atoms with Gasteiger partial charge in [0.15, 0.2) is 0 Å². The first-order valence-corrected chi connectivity index (χ1v) is 23.0. The number of ether oxygens (including phenoxy) is 6. The lowest BCUT2D eigenvalue weighted by Gasteiger charge is -2.24. The van der Waals surface area contributed by atoms with Gasteiger partial charge >= 0.3 is 47.8 Å². The third kappa shape index (κ3) is 18.0. The van der Waals surface area contributed by atoms with Crippen LogP contribution in [0.2, 0.25) is 0 Å². The third-order valence-electron chi connectivity index (χ3n) is 13.1. The summed E-state index contributed by atoms with van der Waals surface area (Å²) in [6.07, 6.45) is 8.13.